The van der Waals surface area contributed by atoms with Crippen molar-refractivity contribution in [2.24, 2.45) is 0 Å². The normalized spacial score (nSPS) is 13.3. The molecule has 6 nitrogen and oxygen atoms in total. The summed E-state index contributed by atoms with van der Waals surface area (Å²) in [5.74, 6) is 0.179. The van der Waals surface area contributed by atoms with E-state index < -0.39 is 10.0 Å². The van der Waals surface area contributed by atoms with Gasteiger partial charge >= 0.3 is 0 Å². The van der Waals surface area contributed by atoms with Crippen LogP contribution in [0.3, 0.4) is 0 Å². The molecule has 0 spiro atoms. The van der Waals surface area contributed by atoms with E-state index in [2.05, 4.69) is 5.32 Å². The molecule has 35 heavy (non-hydrogen) atoms. The minimum Gasteiger partial charge on any atom is -0.483 e. The van der Waals surface area contributed by atoms with Crippen LogP contribution in [0.25, 0.3) is 10.8 Å². The van der Waals surface area contributed by atoms with Gasteiger partial charge in [0.25, 0.3) is 15.9 Å². The first-order valence-corrected chi connectivity index (χ1v) is 13.0. The van der Waals surface area contributed by atoms with Crippen molar-refractivity contribution < 1.29 is 17.9 Å². The van der Waals surface area contributed by atoms with E-state index in [1.54, 1.807) is 19.1 Å². The number of aryl methyl sites for hydroxylation is 2. The minimum absolute atomic E-state index is 0.185. The first-order chi connectivity index (χ1) is 16.9. The van der Waals surface area contributed by atoms with Crippen LogP contribution in [-0.4, -0.2) is 27.5 Å². The van der Waals surface area contributed by atoms with Gasteiger partial charge in [-0.05, 0) is 66.6 Å². The number of rotatable bonds is 6. The molecule has 4 aromatic carbocycles. The van der Waals surface area contributed by atoms with Gasteiger partial charge in [0.1, 0.15) is 5.75 Å². The van der Waals surface area contributed by atoms with Gasteiger partial charge in [0.15, 0.2) is 6.61 Å². The summed E-state index contributed by atoms with van der Waals surface area (Å²) in [6.07, 6.45) is 1.65. The summed E-state index contributed by atoms with van der Waals surface area (Å²) < 4.78 is 34.0. The van der Waals surface area contributed by atoms with Crippen molar-refractivity contribution in [1.29, 1.82) is 0 Å². The quantitative estimate of drug-likeness (QED) is 0.401. The summed E-state index contributed by atoms with van der Waals surface area (Å²) >= 11 is 0. The lowest BCUT2D eigenvalue weighted by atomic mass is 10.0. The van der Waals surface area contributed by atoms with E-state index in [-0.39, 0.29) is 17.4 Å². The van der Waals surface area contributed by atoms with Crippen LogP contribution in [0, 0.1) is 6.92 Å². The molecule has 0 fully saturated rings. The molecule has 1 heterocycles. The number of fused-ring (bicyclic) bond motifs is 2. The largest absolute Gasteiger partial charge is 0.483 e. The number of ether oxygens (including phenoxy) is 1. The third-order valence-electron chi connectivity index (χ3n) is 6.22. The molecule has 5 rings (SSSR count). The summed E-state index contributed by atoms with van der Waals surface area (Å²) in [6.45, 7) is 2.04. The Morgan fingerprint density at radius 3 is 2.60 bits per heavy atom. The molecule has 0 aliphatic carbocycles. The van der Waals surface area contributed by atoms with Crippen LogP contribution in [0.15, 0.2) is 89.8 Å². The van der Waals surface area contributed by atoms with Crippen molar-refractivity contribution in [3.05, 3.63) is 96.1 Å². The molecule has 0 radical (unpaired) electrons. The van der Waals surface area contributed by atoms with Gasteiger partial charge in [0, 0.05) is 17.6 Å². The maximum Gasteiger partial charge on any atom is 0.264 e. The van der Waals surface area contributed by atoms with Crippen LogP contribution in [-0.2, 0) is 21.2 Å². The van der Waals surface area contributed by atoms with E-state index >= 15 is 0 Å². The number of carbonyl (C=O) groups excluding carboxylic acids is 1. The second kappa shape index (κ2) is 9.43. The number of sulfonamides is 1. The third kappa shape index (κ3) is 4.59. The van der Waals surface area contributed by atoms with Crippen molar-refractivity contribution in [2.75, 3.05) is 22.8 Å². The van der Waals surface area contributed by atoms with E-state index in [4.69, 9.17) is 4.74 Å². The number of carbonyl (C=O) groups is 1. The zero-order chi connectivity index (χ0) is 24.4. The van der Waals surface area contributed by atoms with Crippen molar-refractivity contribution >= 4 is 38.1 Å². The topological polar surface area (TPSA) is 75.7 Å². The van der Waals surface area contributed by atoms with E-state index in [1.165, 1.54) is 10.4 Å². The van der Waals surface area contributed by atoms with Crippen LogP contribution in [0.5, 0.6) is 5.75 Å². The molecule has 0 aromatic heterocycles. The van der Waals surface area contributed by atoms with Gasteiger partial charge in [-0.25, -0.2) is 8.42 Å². The number of nitrogens with one attached hydrogen (secondary N) is 1. The van der Waals surface area contributed by atoms with Crippen LogP contribution in [0.2, 0.25) is 0 Å². The number of amides is 1. The first kappa shape index (κ1) is 22.9. The first-order valence-electron chi connectivity index (χ1n) is 11.6. The van der Waals surface area contributed by atoms with Crippen molar-refractivity contribution in [1.82, 2.24) is 0 Å². The monoisotopic (exact) mass is 486 g/mol. The lowest BCUT2D eigenvalue weighted by molar-refractivity contribution is -0.118. The number of nitrogens with zero attached hydrogens (tertiary/aromatic N) is 1. The second-order valence-electron chi connectivity index (χ2n) is 8.60. The van der Waals surface area contributed by atoms with Gasteiger partial charge < -0.3 is 10.1 Å². The molecule has 0 bridgehead atoms. The highest BCUT2D eigenvalue weighted by molar-refractivity contribution is 7.92. The number of hydrogen-bond acceptors (Lipinski definition) is 4. The molecule has 1 aliphatic heterocycles. The molecule has 1 N–H and O–H groups in total. The molecule has 0 atom stereocenters. The fraction of sp³-hybridized carbons (Fsp3) is 0.179. The Bertz CT molecular complexity index is 1510. The van der Waals surface area contributed by atoms with Crippen LogP contribution in [0.1, 0.15) is 17.5 Å². The minimum atomic E-state index is -3.71. The number of para-hydroxylation sites is 1. The summed E-state index contributed by atoms with van der Waals surface area (Å²) in [7, 11) is -3.71. The van der Waals surface area contributed by atoms with Crippen molar-refractivity contribution in [2.45, 2.75) is 24.7 Å². The van der Waals surface area contributed by atoms with E-state index in [1.807, 2.05) is 66.7 Å². The summed E-state index contributed by atoms with van der Waals surface area (Å²) in [6, 6.07) is 25.9. The molecule has 0 saturated heterocycles. The summed E-state index contributed by atoms with van der Waals surface area (Å²) in [4.78, 5) is 12.8. The number of benzene rings is 4. The molecular formula is C28H26N2O4S. The average Bonchev–Trinajstić information content (AvgIpc) is 2.88. The molecule has 0 unspecified atom stereocenters. The van der Waals surface area contributed by atoms with Crippen LogP contribution in [0.4, 0.5) is 11.4 Å². The fourth-order valence-corrected chi connectivity index (χ4v) is 6.11. The highest BCUT2D eigenvalue weighted by atomic mass is 32.2. The van der Waals surface area contributed by atoms with Gasteiger partial charge in [-0.3, -0.25) is 9.10 Å². The molecule has 4 aromatic rings. The van der Waals surface area contributed by atoms with Gasteiger partial charge in [-0.1, -0.05) is 54.6 Å². The zero-order valence-corrected chi connectivity index (χ0v) is 20.2. The zero-order valence-electron chi connectivity index (χ0n) is 19.4. The Morgan fingerprint density at radius 1 is 0.971 bits per heavy atom. The molecule has 1 aliphatic rings. The molecule has 178 valence electrons. The van der Waals surface area contributed by atoms with E-state index in [9.17, 15) is 13.2 Å². The van der Waals surface area contributed by atoms with E-state index in [0.717, 1.165) is 40.6 Å². The molecule has 0 saturated carbocycles. The summed E-state index contributed by atoms with van der Waals surface area (Å²) in [5, 5.41) is 4.89. The van der Waals surface area contributed by atoms with Crippen LogP contribution < -0.4 is 14.4 Å². The van der Waals surface area contributed by atoms with Gasteiger partial charge in [0.2, 0.25) is 0 Å². The SMILES string of the molecule is Cc1cc(S(=O)(=O)N2CCCc3ccccc32)ccc1OCC(=O)Nc1cccc2ccccc12. The highest BCUT2D eigenvalue weighted by Crippen LogP contribution is 2.33. The lowest BCUT2D eigenvalue weighted by Crippen LogP contribution is -2.35. The lowest BCUT2D eigenvalue weighted by Gasteiger charge is -2.30. The second-order valence-corrected chi connectivity index (χ2v) is 10.5. The molecule has 1 amide bonds. The van der Waals surface area contributed by atoms with Crippen molar-refractivity contribution in [3.8, 4) is 5.75 Å². The Kier molecular flexibility index (Phi) is 6.17. The number of hydrogen-bond donors (Lipinski definition) is 1. The Morgan fingerprint density at radius 2 is 1.74 bits per heavy atom. The third-order valence-corrected chi connectivity index (χ3v) is 8.03. The predicted molar refractivity (Wildman–Crippen MR) is 139 cm³/mol. The Labute approximate surface area is 205 Å². The van der Waals surface area contributed by atoms with Gasteiger partial charge in [-0.2, -0.15) is 0 Å². The maximum absolute atomic E-state index is 13.4. The molecule has 7 heteroatoms. The predicted octanol–water partition coefficient (Wildman–Crippen LogP) is 5.31. The van der Waals surface area contributed by atoms with Gasteiger partial charge in [0.05, 0.1) is 10.6 Å². The average molecular weight is 487 g/mol. The Balaban J connectivity index is 1.29. The highest BCUT2D eigenvalue weighted by Gasteiger charge is 2.29. The van der Waals surface area contributed by atoms with E-state index in [0.29, 0.717) is 17.9 Å². The summed E-state index contributed by atoms with van der Waals surface area (Å²) in [5.41, 5.74) is 3.14. The van der Waals surface area contributed by atoms with Crippen LogP contribution >= 0.6 is 0 Å². The maximum atomic E-state index is 13.4. The standard InChI is InChI=1S/C28H26N2O4S/c1-20-18-23(35(32,33)30-17-7-11-22-9-3-5-14-26(22)30)15-16-27(20)34-19-28(31)29-25-13-6-10-21-8-2-4-12-24(21)25/h2-6,8-10,12-16,18H,7,11,17,19H2,1H3,(H,29,31). The fourth-order valence-electron chi connectivity index (χ4n) is 4.48. The van der Waals surface area contributed by atoms with Crippen molar-refractivity contribution in [3.63, 3.8) is 0 Å². The Hall–Kier alpha value is -3.84. The number of anilines is 2. The smallest absolute Gasteiger partial charge is 0.264 e. The molecular weight excluding hydrogens is 460 g/mol. The van der Waals surface area contributed by atoms with Gasteiger partial charge in [-0.15, -0.1) is 0 Å².